The first-order valence-corrected chi connectivity index (χ1v) is 8.80. The van der Waals surface area contributed by atoms with E-state index in [2.05, 4.69) is 15.5 Å². The zero-order valence-corrected chi connectivity index (χ0v) is 14.6. The van der Waals surface area contributed by atoms with Crippen molar-refractivity contribution in [1.29, 1.82) is 0 Å². The predicted molar refractivity (Wildman–Crippen MR) is 104 cm³/mol. The van der Waals surface area contributed by atoms with Gasteiger partial charge < -0.3 is 4.57 Å². The van der Waals surface area contributed by atoms with Gasteiger partial charge in [-0.2, -0.15) is 5.10 Å². The largest absolute Gasteiger partial charge is 0.322 e. The van der Waals surface area contributed by atoms with Crippen LogP contribution in [-0.4, -0.2) is 27.4 Å². The minimum Gasteiger partial charge on any atom is -0.322 e. The van der Waals surface area contributed by atoms with Crippen molar-refractivity contribution >= 4 is 41.0 Å². The second-order valence-electron chi connectivity index (χ2n) is 5.31. The molecule has 1 N–H and O–H groups in total. The van der Waals surface area contributed by atoms with Crippen molar-refractivity contribution in [3.8, 4) is 0 Å². The van der Waals surface area contributed by atoms with Crippen LogP contribution in [0.15, 0.2) is 70.9 Å². The number of hydrogen-bond donors (Lipinski definition) is 1. The highest BCUT2D eigenvalue weighted by molar-refractivity contribution is 7.99. The average molecular weight is 350 g/mol. The molecule has 25 heavy (non-hydrogen) atoms. The number of carbonyl (C=O) groups is 1. The van der Waals surface area contributed by atoms with Gasteiger partial charge in [-0.05, 0) is 23.8 Å². The highest BCUT2D eigenvalue weighted by Gasteiger charge is 2.09. The quantitative estimate of drug-likeness (QED) is 0.421. The van der Waals surface area contributed by atoms with Crippen LogP contribution in [-0.2, 0) is 11.8 Å². The van der Waals surface area contributed by atoms with Crippen molar-refractivity contribution in [2.45, 2.75) is 5.16 Å². The van der Waals surface area contributed by atoms with Gasteiger partial charge in [0.05, 0.1) is 16.8 Å². The van der Waals surface area contributed by atoms with Crippen molar-refractivity contribution in [2.24, 2.45) is 12.1 Å². The van der Waals surface area contributed by atoms with Crippen molar-refractivity contribution in [3.05, 3.63) is 66.2 Å². The lowest BCUT2D eigenvalue weighted by Gasteiger charge is -2.01. The number of hydrogen-bond acceptors (Lipinski definition) is 4. The molecule has 0 radical (unpaired) electrons. The molecule has 126 valence electrons. The predicted octanol–water partition coefficient (Wildman–Crippen LogP) is 3.48. The van der Waals surface area contributed by atoms with Crippen molar-refractivity contribution in [2.75, 3.05) is 5.75 Å². The SMILES string of the molecule is Cn1c(SCC(=O)NN=CC=Cc2ccccc2)nc2ccccc21. The van der Waals surface area contributed by atoms with Gasteiger partial charge in [-0.15, -0.1) is 0 Å². The number of fused-ring (bicyclic) bond motifs is 1. The van der Waals surface area contributed by atoms with Crippen LogP contribution in [0.3, 0.4) is 0 Å². The van der Waals surface area contributed by atoms with E-state index in [4.69, 9.17) is 0 Å². The zero-order chi connectivity index (χ0) is 17.5. The van der Waals surface area contributed by atoms with Gasteiger partial charge in [0.2, 0.25) is 0 Å². The molecule has 3 rings (SSSR count). The average Bonchev–Trinajstić information content (AvgIpc) is 2.97. The van der Waals surface area contributed by atoms with Crippen LogP contribution < -0.4 is 5.43 Å². The van der Waals surface area contributed by atoms with Crippen molar-refractivity contribution in [1.82, 2.24) is 15.0 Å². The van der Waals surface area contributed by atoms with E-state index in [1.54, 1.807) is 12.3 Å². The molecule has 3 aromatic rings. The summed E-state index contributed by atoms with van der Waals surface area (Å²) < 4.78 is 1.99. The molecule has 0 aliphatic heterocycles. The summed E-state index contributed by atoms with van der Waals surface area (Å²) in [6, 6.07) is 17.8. The van der Waals surface area contributed by atoms with Crippen LogP contribution in [0.4, 0.5) is 0 Å². The third-order valence-electron chi connectivity index (χ3n) is 3.52. The van der Waals surface area contributed by atoms with E-state index < -0.39 is 0 Å². The van der Waals surface area contributed by atoms with E-state index in [1.165, 1.54) is 11.8 Å². The number of hydrazone groups is 1. The highest BCUT2D eigenvalue weighted by atomic mass is 32.2. The molecule has 0 saturated heterocycles. The number of benzene rings is 2. The fourth-order valence-corrected chi connectivity index (χ4v) is 3.07. The number of amides is 1. The van der Waals surface area contributed by atoms with E-state index in [-0.39, 0.29) is 11.7 Å². The molecule has 1 aromatic heterocycles. The number of allylic oxidation sites excluding steroid dienone is 1. The maximum absolute atomic E-state index is 11.9. The number of carbonyl (C=O) groups excluding carboxylic acids is 1. The van der Waals surface area contributed by atoms with E-state index in [1.807, 2.05) is 72.3 Å². The fourth-order valence-electron chi connectivity index (χ4n) is 2.29. The van der Waals surface area contributed by atoms with Gasteiger partial charge in [0.25, 0.3) is 5.91 Å². The maximum atomic E-state index is 11.9. The molecule has 6 heteroatoms. The lowest BCUT2D eigenvalue weighted by atomic mass is 10.2. The fraction of sp³-hybridized carbons (Fsp3) is 0.105. The number of aromatic nitrogens is 2. The van der Waals surface area contributed by atoms with Gasteiger partial charge in [0.15, 0.2) is 5.16 Å². The van der Waals surface area contributed by atoms with Crippen LogP contribution in [0, 0.1) is 0 Å². The summed E-state index contributed by atoms with van der Waals surface area (Å²) in [4.78, 5) is 16.4. The molecular weight excluding hydrogens is 332 g/mol. The first kappa shape index (κ1) is 17.0. The summed E-state index contributed by atoms with van der Waals surface area (Å²) in [7, 11) is 1.95. The Hall–Kier alpha value is -2.86. The number of imidazole rings is 1. The Balaban J connectivity index is 1.48. The second-order valence-corrected chi connectivity index (χ2v) is 6.26. The summed E-state index contributed by atoms with van der Waals surface area (Å²) in [6.45, 7) is 0. The molecule has 1 amide bonds. The minimum atomic E-state index is -0.165. The smallest absolute Gasteiger partial charge is 0.250 e. The Morgan fingerprint density at radius 1 is 1.20 bits per heavy atom. The second kappa shape index (κ2) is 8.30. The zero-order valence-electron chi connectivity index (χ0n) is 13.8. The minimum absolute atomic E-state index is 0.165. The summed E-state index contributed by atoms with van der Waals surface area (Å²) in [6.07, 6.45) is 5.27. The lowest BCUT2D eigenvalue weighted by molar-refractivity contribution is -0.118. The molecule has 0 aliphatic rings. The first-order valence-electron chi connectivity index (χ1n) is 7.82. The van der Waals surface area contributed by atoms with Crippen LogP contribution in [0.5, 0.6) is 0 Å². The Bertz CT molecular complexity index is 916. The molecule has 0 bridgehead atoms. The highest BCUT2D eigenvalue weighted by Crippen LogP contribution is 2.22. The molecule has 1 heterocycles. The molecule has 0 aliphatic carbocycles. The summed E-state index contributed by atoms with van der Waals surface area (Å²) in [5, 5.41) is 4.72. The van der Waals surface area contributed by atoms with Gasteiger partial charge in [-0.25, -0.2) is 10.4 Å². The van der Waals surface area contributed by atoms with Crippen molar-refractivity contribution in [3.63, 3.8) is 0 Å². The maximum Gasteiger partial charge on any atom is 0.250 e. The monoisotopic (exact) mass is 350 g/mol. The third-order valence-corrected chi connectivity index (χ3v) is 4.55. The lowest BCUT2D eigenvalue weighted by Crippen LogP contribution is -2.19. The van der Waals surface area contributed by atoms with Crippen molar-refractivity contribution < 1.29 is 4.79 Å². The number of aryl methyl sites for hydroxylation is 1. The molecule has 0 unspecified atom stereocenters. The summed E-state index contributed by atoms with van der Waals surface area (Å²) in [5.41, 5.74) is 5.57. The molecule has 0 spiro atoms. The Labute approximate surface area is 150 Å². The van der Waals surface area contributed by atoms with Crippen LogP contribution >= 0.6 is 11.8 Å². The van der Waals surface area contributed by atoms with E-state index in [0.717, 1.165) is 21.8 Å². The van der Waals surface area contributed by atoms with Gasteiger partial charge in [0, 0.05) is 13.3 Å². The number of para-hydroxylation sites is 2. The Morgan fingerprint density at radius 2 is 1.96 bits per heavy atom. The molecule has 0 fully saturated rings. The normalized spacial score (nSPS) is 11.6. The third kappa shape index (κ3) is 4.58. The van der Waals surface area contributed by atoms with Crippen LogP contribution in [0.1, 0.15) is 5.56 Å². The molecule has 5 nitrogen and oxygen atoms in total. The number of thioether (sulfide) groups is 1. The first-order chi connectivity index (χ1) is 12.2. The number of rotatable bonds is 6. The van der Waals surface area contributed by atoms with Gasteiger partial charge in [-0.3, -0.25) is 4.79 Å². The summed E-state index contributed by atoms with van der Waals surface area (Å²) in [5.74, 6) is 0.0955. The molecule has 0 atom stereocenters. The standard InChI is InChI=1S/C19H18N4OS/c1-23-17-12-6-5-11-16(17)21-19(23)25-14-18(24)22-20-13-7-10-15-8-3-2-4-9-15/h2-13H,14H2,1H3,(H,22,24). The summed E-state index contributed by atoms with van der Waals surface area (Å²) >= 11 is 1.39. The van der Waals surface area contributed by atoms with Gasteiger partial charge in [0.1, 0.15) is 0 Å². The molecule has 2 aromatic carbocycles. The van der Waals surface area contributed by atoms with E-state index in [9.17, 15) is 4.79 Å². The number of nitrogens with zero attached hydrogens (tertiary/aromatic N) is 3. The van der Waals surface area contributed by atoms with Gasteiger partial charge in [-0.1, -0.05) is 60.3 Å². The Kier molecular flexibility index (Phi) is 5.64. The van der Waals surface area contributed by atoms with Crippen LogP contribution in [0.2, 0.25) is 0 Å². The Morgan fingerprint density at radius 3 is 2.76 bits per heavy atom. The van der Waals surface area contributed by atoms with Gasteiger partial charge >= 0.3 is 0 Å². The van der Waals surface area contributed by atoms with E-state index >= 15 is 0 Å². The molecular formula is C19H18N4OS. The molecule has 0 saturated carbocycles. The number of nitrogens with one attached hydrogen (secondary N) is 1. The van der Waals surface area contributed by atoms with E-state index in [0.29, 0.717) is 0 Å². The topological polar surface area (TPSA) is 59.3 Å². The van der Waals surface area contributed by atoms with Crippen LogP contribution in [0.25, 0.3) is 17.1 Å².